The molecule has 122 valence electrons. The van der Waals surface area contributed by atoms with E-state index in [2.05, 4.69) is 21.4 Å². The van der Waals surface area contributed by atoms with Gasteiger partial charge in [0.25, 0.3) is 5.56 Å². The van der Waals surface area contributed by atoms with E-state index in [9.17, 15) is 4.79 Å². The first kappa shape index (κ1) is 16.0. The Bertz CT molecular complexity index is 894. The molecule has 2 N–H and O–H groups in total. The fraction of sp³-hybridized carbons (Fsp3) is 0.200. The molecule has 2 aromatic carbocycles. The molecule has 0 atom stereocenters. The van der Waals surface area contributed by atoms with Gasteiger partial charge < -0.3 is 5.32 Å². The van der Waals surface area contributed by atoms with Crippen LogP contribution in [0.2, 0.25) is 0 Å². The van der Waals surface area contributed by atoms with Crippen LogP contribution in [-0.2, 0) is 6.42 Å². The molecule has 1 aromatic heterocycles. The molecule has 0 saturated heterocycles. The van der Waals surface area contributed by atoms with Gasteiger partial charge in [-0.1, -0.05) is 36.4 Å². The van der Waals surface area contributed by atoms with Gasteiger partial charge in [-0.15, -0.1) is 0 Å². The second-order valence-electron chi connectivity index (χ2n) is 6.14. The zero-order valence-electron chi connectivity index (χ0n) is 14.2. The number of nitrogens with one attached hydrogen (secondary N) is 2. The van der Waals surface area contributed by atoms with Gasteiger partial charge in [0.1, 0.15) is 0 Å². The van der Waals surface area contributed by atoms with Crippen LogP contribution in [0.1, 0.15) is 27.9 Å². The Balaban J connectivity index is 1.88. The molecule has 1 heterocycles. The molecular formula is C20H21N3O. The zero-order chi connectivity index (χ0) is 17.1. The van der Waals surface area contributed by atoms with Crippen LogP contribution in [0.15, 0.2) is 53.3 Å². The minimum absolute atomic E-state index is 0.0989. The number of hydrogen-bond donors (Lipinski definition) is 2. The van der Waals surface area contributed by atoms with Crippen LogP contribution in [0.5, 0.6) is 0 Å². The summed E-state index contributed by atoms with van der Waals surface area (Å²) in [7, 11) is 0. The summed E-state index contributed by atoms with van der Waals surface area (Å²) in [5.41, 5.74) is 5.70. The summed E-state index contributed by atoms with van der Waals surface area (Å²) in [6.45, 7) is 5.96. The third-order valence-corrected chi connectivity index (χ3v) is 3.93. The molecule has 3 aromatic rings. The molecule has 4 nitrogen and oxygen atoms in total. The summed E-state index contributed by atoms with van der Waals surface area (Å²) in [6, 6.07) is 16.1. The van der Waals surface area contributed by atoms with Crippen LogP contribution >= 0.6 is 0 Å². The Kier molecular flexibility index (Phi) is 4.47. The number of aromatic amines is 1. The monoisotopic (exact) mass is 319 g/mol. The standard InChI is InChI=1S/C20H21N3O/c1-13-9-14(2)11-17(10-13)22-20-21-15(3)18(19(24)23-20)12-16-7-5-4-6-8-16/h4-11H,12H2,1-3H3,(H2,21,22,23,24). The predicted octanol–water partition coefficient (Wildman–Crippen LogP) is 4.03. The first-order valence-corrected chi connectivity index (χ1v) is 8.00. The molecular weight excluding hydrogens is 298 g/mol. The van der Waals surface area contributed by atoms with Crippen molar-refractivity contribution in [2.45, 2.75) is 27.2 Å². The highest BCUT2D eigenvalue weighted by atomic mass is 16.1. The van der Waals surface area contributed by atoms with Gasteiger partial charge in [0.15, 0.2) is 0 Å². The molecule has 24 heavy (non-hydrogen) atoms. The Labute approximate surface area is 141 Å². The van der Waals surface area contributed by atoms with Crippen molar-refractivity contribution in [1.29, 1.82) is 0 Å². The maximum absolute atomic E-state index is 12.5. The minimum atomic E-state index is -0.0989. The van der Waals surface area contributed by atoms with Crippen molar-refractivity contribution in [3.8, 4) is 0 Å². The Morgan fingerprint density at radius 1 is 1.00 bits per heavy atom. The molecule has 0 aliphatic carbocycles. The molecule has 0 amide bonds. The SMILES string of the molecule is Cc1cc(C)cc(Nc2nc(C)c(Cc3ccccc3)c(=O)[nH]2)c1. The highest BCUT2D eigenvalue weighted by molar-refractivity contribution is 5.56. The van der Waals surface area contributed by atoms with Gasteiger partial charge in [-0.25, -0.2) is 4.98 Å². The van der Waals surface area contributed by atoms with Gasteiger partial charge in [-0.2, -0.15) is 0 Å². The van der Waals surface area contributed by atoms with E-state index in [-0.39, 0.29) is 5.56 Å². The normalized spacial score (nSPS) is 10.6. The van der Waals surface area contributed by atoms with E-state index in [0.717, 1.165) is 28.1 Å². The van der Waals surface area contributed by atoms with Crippen molar-refractivity contribution in [2.75, 3.05) is 5.32 Å². The van der Waals surface area contributed by atoms with Gasteiger partial charge >= 0.3 is 0 Å². The average Bonchev–Trinajstić information content (AvgIpc) is 2.51. The van der Waals surface area contributed by atoms with Gasteiger partial charge in [0, 0.05) is 17.7 Å². The number of rotatable bonds is 4. The molecule has 0 fully saturated rings. The van der Waals surface area contributed by atoms with Crippen molar-refractivity contribution in [2.24, 2.45) is 0 Å². The number of nitrogens with zero attached hydrogens (tertiary/aromatic N) is 1. The van der Waals surface area contributed by atoms with Gasteiger partial charge in [-0.3, -0.25) is 9.78 Å². The number of aryl methyl sites for hydroxylation is 3. The van der Waals surface area contributed by atoms with Crippen LogP contribution in [-0.4, -0.2) is 9.97 Å². The fourth-order valence-electron chi connectivity index (χ4n) is 2.86. The summed E-state index contributed by atoms with van der Waals surface area (Å²) < 4.78 is 0. The third kappa shape index (κ3) is 3.71. The maximum atomic E-state index is 12.5. The molecule has 0 spiro atoms. The quantitative estimate of drug-likeness (QED) is 0.763. The van der Waals surface area contributed by atoms with Crippen LogP contribution in [0.4, 0.5) is 11.6 Å². The van der Waals surface area contributed by atoms with Crippen molar-refractivity contribution in [3.63, 3.8) is 0 Å². The highest BCUT2D eigenvalue weighted by Gasteiger charge is 2.09. The number of hydrogen-bond acceptors (Lipinski definition) is 3. The Morgan fingerprint density at radius 3 is 2.29 bits per heavy atom. The van der Waals surface area contributed by atoms with E-state index in [0.29, 0.717) is 17.9 Å². The van der Waals surface area contributed by atoms with Crippen LogP contribution in [0.3, 0.4) is 0 Å². The van der Waals surface area contributed by atoms with Crippen LogP contribution in [0, 0.1) is 20.8 Å². The second-order valence-corrected chi connectivity index (χ2v) is 6.14. The first-order valence-electron chi connectivity index (χ1n) is 8.00. The number of benzene rings is 2. The summed E-state index contributed by atoms with van der Waals surface area (Å²) in [6.07, 6.45) is 0.582. The second kappa shape index (κ2) is 6.71. The number of aromatic nitrogens is 2. The minimum Gasteiger partial charge on any atom is -0.326 e. The molecule has 0 saturated carbocycles. The number of anilines is 2. The smallest absolute Gasteiger partial charge is 0.256 e. The zero-order valence-corrected chi connectivity index (χ0v) is 14.2. The van der Waals surface area contributed by atoms with Crippen molar-refractivity contribution >= 4 is 11.6 Å². The molecule has 3 rings (SSSR count). The lowest BCUT2D eigenvalue weighted by Gasteiger charge is -2.10. The first-order chi connectivity index (χ1) is 11.5. The predicted molar refractivity (Wildman–Crippen MR) is 98.0 cm³/mol. The van der Waals surface area contributed by atoms with Crippen LogP contribution < -0.4 is 10.9 Å². The Morgan fingerprint density at radius 2 is 1.67 bits per heavy atom. The van der Waals surface area contributed by atoms with Gasteiger partial charge in [0.05, 0.1) is 5.69 Å². The lowest BCUT2D eigenvalue weighted by Crippen LogP contribution is -2.18. The van der Waals surface area contributed by atoms with Crippen LogP contribution in [0.25, 0.3) is 0 Å². The third-order valence-electron chi connectivity index (χ3n) is 3.93. The van der Waals surface area contributed by atoms with Crippen molar-refractivity contribution in [1.82, 2.24) is 9.97 Å². The average molecular weight is 319 g/mol. The topological polar surface area (TPSA) is 57.8 Å². The lowest BCUT2D eigenvalue weighted by atomic mass is 10.1. The summed E-state index contributed by atoms with van der Waals surface area (Å²) in [5.74, 6) is 0.472. The van der Waals surface area contributed by atoms with Crippen molar-refractivity contribution in [3.05, 3.63) is 86.8 Å². The van der Waals surface area contributed by atoms with E-state index in [1.54, 1.807) is 0 Å². The summed E-state index contributed by atoms with van der Waals surface area (Å²) in [5, 5.41) is 3.19. The van der Waals surface area contributed by atoms with E-state index in [4.69, 9.17) is 0 Å². The lowest BCUT2D eigenvalue weighted by molar-refractivity contribution is 0.985. The molecule has 0 aliphatic rings. The summed E-state index contributed by atoms with van der Waals surface area (Å²) >= 11 is 0. The largest absolute Gasteiger partial charge is 0.326 e. The maximum Gasteiger partial charge on any atom is 0.256 e. The van der Waals surface area contributed by atoms with E-state index in [1.807, 2.05) is 63.2 Å². The highest BCUT2D eigenvalue weighted by Crippen LogP contribution is 2.17. The summed E-state index contributed by atoms with van der Waals surface area (Å²) in [4.78, 5) is 19.8. The van der Waals surface area contributed by atoms with E-state index in [1.165, 1.54) is 0 Å². The molecule has 4 heteroatoms. The Hall–Kier alpha value is -2.88. The number of H-pyrrole nitrogens is 1. The van der Waals surface area contributed by atoms with Crippen molar-refractivity contribution < 1.29 is 0 Å². The van der Waals surface area contributed by atoms with Gasteiger partial charge in [0.2, 0.25) is 5.95 Å². The molecule has 0 aliphatic heterocycles. The van der Waals surface area contributed by atoms with Gasteiger partial charge in [-0.05, 0) is 49.6 Å². The molecule has 0 bridgehead atoms. The van der Waals surface area contributed by atoms with E-state index < -0.39 is 0 Å². The molecule has 0 radical (unpaired) electrons. The molecule has 0 unspecified atom stereocenters. The van der Waals surface area contributed by atoms with E-state index >= 15 is 0 Å². The fourth-order valence-corrected chi connectivity index (χ4v) is 2.86.